The average Bonchev–Trinajstić information content (AvgIpc) is 3.22. The highest BCUT2D eigenvalue weighted by Gasteiger charge is 2.27. The normalized spacial score (nSPS) is 19.7. The summed E-state index contributed by atoms with van der Waals surface area (Å²) in [5.41, 5.74) is 0. The van der Waals surface area contributed by atoms with Gasteiger partial charge in [-0.25, -0.2) is 8.42 Å². The maximum atomic E-state index is 12.7. The average molecular weight is 437 g/mol. The van der Waals surface area contributed by atoms with E-state index in [1.807, 2.05) is 24.3 Å². The molecule has 1 amide bonds. The minimum absolute atomic E-state index is 0.143. The highest BCUT2D eigenvalue weighted by atomic mass is 32.2. The number of piperidine rings is 1. The fourth-order valence-electron chi connectivity index (χ4n) is 3.44. The molecule has 1 aromatic carbocycles. The van der Waals surface area contributed by atoms with Gasteiger partial charge in [0.25, 0.3) is 10.0 Å². The van der Waals surface area contributed by atoms with Crippen molar-refractivity contribution >= 4 is 27.3 Å². The first kappa shape index (κ1) is 20.2. The molecule has 1 fully saturated rings. The molecule has 4 rings (SSSR count). The highest BCUT2D eigenvalue weighted by molar-refractivity contribution is 7.91. The second-order valence-corrected chi connectivity index (χ2v) is 10.5. The van der Waals surface area contributed by atoms with Gasteiger partial charge in [0.2, 0.25) is 5.91 Å². The smallest absolute Gasteiger partial charge is 0.252 e. The number of hydrogen-bond acceptors (Lipinski definition) is 6. The maximum Gasteiger partial charge on any atom is 0.252 e. The Morgan fingerprint density at radius 2 is 1.86 bits per heavy atom. The molecule has 0 radical (unpaired) electrons. The quantitative estimate of drug-likeness (QED) is 0.752. The van der Waals surface area contributed by atoms with Crippen LogP contribution in [0, 0.1) is 0 Å². The molecule has 2 aliphatic rings. The third-order valence-electron chi connectivity index (χ3n) is 4.98. The van der Waals surface area contributed by atoms with Crippen molar-refractivity contribution in [3.8, 4) is 11.5 Å². The first-order chi connectivity index (χ1) is 14.0. The van der Waals surface area contributed by atoms with E-state index in [0.717, 1.165) is 24.1 Å². The van der Waals surface area contributed by atoms with Crippen LogP contribution in [0.15, 0.2) is 40.6 Å². The molecule has 2 aromatic rings. The van der Waals surface area contributed by atoms with E-state index in [0.29, 0.717) is 41.9 Å². The van der Waals surface area contributed by atoms with Gasteiger partial charge in [-0.2, -0.15) is 4.31 Å². The Morgan fingerprint density at radius 1 is 1.10 bits per heavy atom. The van der Waals surface area contributed by atoms with E-state index in [4.69, 9.17) is 9.47 Å². The zero-order chi connectivity index (χ0) is 20.3. The van der Waals surface area contributed by atoms with Crippen molar-refractivity contribution < 1.29 is 22.7 Å². The lowest BCUT2D eigenvalue weighted by atomic mass is 10.2. The van der Waals surface area contributed by atoms with E-state index in [2.05, 4.69) is 5.32 Å². The van der Waals surface area contributed by atoms with Crippen LogP contribution < -0.4 is 14.8 Å². The van der Waals surface area contributed by atoms with Crippen LogP contribution in [0.3, 0.4) is 0 Å². The number of nitrogens with one attached hydrogen (secondary N) is 1. The van der Waals surface area contributed by atoms with Crippen LogP contribution in [0.4, 0.5) is 0 Å². The zero-order valence-electron chi connectivity index (χ0n) is 16.0. The SMILES string of the molecule is O=C(Cc1ccc(S(=O)(=O)N2CCCCC2)s1)NCC1COc2ccccc2O1. The van der Waals surface area contributed by atoms with Gasteiger partial charge in [0.05, 0.1) is 13.0 Å². The molecule has 1 N–H and O–H groups in total. The van der Waals surface area contributed by atoms with E-state index < -0.39 is 10.0 Å². The lowest BCUT2D eigenvalue weighted by Gasteiger charge is -2.26. The van der Waals surface area contributed by atoms with Gasteiger partial charge >= 0.3 is 0 Å². The number of ether oxygens (including phenoxy) is 2. The topological polar surface area (TPSA) is 84.9 Å². The molecule has 1 unspecified atom stereocenters. The zero-order valence-corrected chi connectivity index (χ0v) is 17.6. The highest BCUT2D eigenvalue weighted by Crippen LogP contribution is 2.31. The van der Waals surface area contributed by atoms with Crippen LogP contribution in [-0.4, -0.2) is 51.0 Å². The van der Waals surface area contributed by atoms with E-state index in [1.165, 1.54) is 11.3 Å². The van der Waals surface area contributed by atoms with Gasteiger partial charge in [0, 0.05) is 18.0 Å². The standard InChI is InChI=1S/C20H24N2O5S2/c23-19(21-13-15-14-26-17-6-2-3-7-18(17)27-15)12-16-8-9-20(28-16)29(24,25)22-10-4-1-5-11-22/h2-3,6-9,15H,1,4-5,10-14H2,(H,21,23). The number of amides is 1. The second kappa shape index (κ2) is 8.73. The van der Waals surface area contributed by atoms with Crippen LogP contribution in [0.1, 0.15) is 24.1 Å². The Labute approximate surface area is 174 Å². The van der Waals surface area contributed by atoms with Crippen molar-refractivity contribution in [3.63, 3.8) is 0 Å². The minimum atomic E-state index is -3.45. The Bertz CT molecular complexity index is 967. The molecule has 9 heteroatoms. The van der Waals surface area contributed by atoms with Gasteiger partial charge < -0.3 is 14.8 Å². The second-order valence-electron chi connectivity index (χ2n) is 7.16. The lowest BCUT2D eigenvalue weighted by Crippen LogP contribution is -2.41. The number of carbonyl (C=O) groups is 1. The molecule has 0 saturated carbocycles. The number of benzene rings is 1. The first-order valence-corrected chi connectivity index (χ1v) is 12.0. The Kier molecular flexibility index (Phi) is 6.07. The molecule has 7 nitrogen and oxygen atoms in total. The molecule has 0 bridgehead atoms. The molecule has 156 valence electrons. The Hall–Kier alpha value is -2.10. The molecule has 1 atom stereocenters. The molecule has 29 heavy (non-hydrogen) atoms. The number of sulfonamides is 1. The van der Waals surface area contributed by atoms with Gasteiger partial charge in [-0.15, -0.1) is 11.3 Å². The summed E-state index contributed by atoms with van der Waals surface area (Å²) in [6.45, 7) is 1.84. The number of nitrogens with zero attached hydrogens (tertiary/aromatic N) is 1. The summed E-state index contributed by atoms with van der Waals surface area (Å²) in [6, 6.07) is 10.8. The summed E-state index contributed by atoms with van der Waals surface area (Å²) in [4.78, 5) is 13.0. The predicted octanol–water partition coefficient (Wildman–Crippen LogP) is 2.42. The van der Waals surface area contributed by atoms with Crippen molar-refractivity contribution in [2.45, 2.75) is 36.0 Å². The van der Waals surface area contributed by atoms with Gasteiger partial charge in [0.15, 0.2) is 11.5 Å². The van der Waals surface area contributed by atoms with Gasteiger partial charge in [-0.05, 0) is 37.1 Å². The summed E-state index contributed by atoms with van der Waals surface area (Å²) < 4.78 is 38.8. The lowest BCUT2D eigenvalue weighted by molar-refractivity contribution is -0.120. The fraction of sp³-hybridized carbons (Fsp3) is 0.450. The molecular weight excluding hydrogens is 412 g/mol. The van der Waals surface area contributed by atoms with Crippen molar-refractivity contribution in [2.24, 2.45) is 0 Å². The van der Waals surface area contributed by atoms with Gasteiger partial charge in [0.1, 0.15) is 16.9 Å². The van der Waals surface area contributed by atoms with Crippen molar-refractivity contribution in [3.05, 3.63) is 41.3 Å². The third kappa shape index (κ3) is 4.73. The molecule has 0 spiro atoms. The minimum Gasteiger partial charge on any atom is -0.486 e. The van der Waals surface area contributed by atoms with Crippen molar-refractivity contribution in [2.75, 3.05) is 26.2 Å². The molecule has 0 aliphatic carbocycles. The molecular formula is C20H24N2O5S2. The van der Waals surface area contributed by atoms with Crippen molar-refractivity contribution in [1.82, 2.24) is 9.62 Å². The molecule has 3 heterocycles. The number of hydrogen-bond donors (Lipinski definition) is 1. The van der Waals surface area contributed by atoms with E-state index in [1.54, 1.807) is 16.4 Å². The monoisotopic (exact) mass is 436 g/mol. The van der Waals surface area contributed by atoms with Crippen LogP contribution in [0.5, 0.6) is 11.5 Å². The Morgan fingerprint density at radius 3 is 2.66 bits per heavy atom. The summed E-state index contributed by atoms with van der Waals surface area (Å²) in [5, 5.41) is 2.85. The van der Waals surface area contributed by atoms with Gasteiger partial charge in [-0.1, -0.05) is 18.6 Å². The van der Waals surface area contributed by atoms with Gasteiger partial charge in [-0.3, -0.25) is 4.79 Å². The number of fused-ring (bicyclic) bond motifs is 1. The number of para-hydroxylation sites is 2. The van der Waals surface area contributed by atoms with E-state index in [-0.39, 0.29) is 18.4 Å². The number of thiophene rings is 1. The number of carbonyl (C=O) groups excluding carboxylic acids is 1. The Balaban J connectivity index is 1.29. The van der Waals surface area contributed by atoms with Crippen LogP contribution in [0.25, 0.3) is 0 Å². The molecule has 1 saturated heterocycles. The summed E-state index contributed by atoms with van der Waals surface area (Å²) >= 11 is 1.17. The van der Waals surface area contributed by atoms with Crippen LogP contribution in [-0.2, 0) is 21.2 Å². The van der Waals surface area contributed by atoms with Crippen LogP contribution >= 0.6 is 11.3 Å². The predicted molar refractivity (Wildman–Crippen MR) is 110 cm³/mol. The van der Waals surface area contributed by atoms with E-state index >= 15 is 0 Å². The fourth-order valence-corrected chi connectivity index (χ4v) is 6.46. The summed E-state index contributed by atoms with van der Waals surface area (Å²) in [6.07, 6.45) is 2.76. The summed E-state index contributed by atoms with van der Waals surface area (Å²) in [7, 11) is -3.45. The van der Waals surface area contributed by atoms with E-state index in [9.17, 15) is 13.2 Å². The summed E-state index contributed by atoms with van der Waals surface area (Å²) in [5.74, 6) is 1.20. The molecule has 2 aliphatic heterocycles. The van der Waals surface area contributed by atoms with Crippen LogP contribution in [0.2, 0.25) is 0 Å². The maximum absolute atomic E-state index is 12.7. The third-order valence-corrected chi connectivity index (χ3v) is 8.43. The van der Waals surface area contributed by atoms with Crippen molar-refractivity contribution in [1.29, 1.82) is 0 Å². The largest absolute Gasteiger partial charge is 0.486 e. The number of rotatable bonds is 6. The first-order valence-electron chi connectivity index (χ1n) is 9.76. The molecule has 1 aromatic heterocycles.